The maximum atomic E-state index is 12.0. The first-order chi connectivity index (χ1) is 11.6. The number of guanidine groups is 1. The molecule has 5 nitrogen and oxygen atoms in total. The van der Waals surface area contributed by atoms with E-state index in [0.29, 0.717) is 0 Å². The van der Waals surface area contributed by atoms with Crippen LogP contribution in [0, 0.1) is 0 Å². The lowest BCUT2D eigenvalue weighted by molar-refractivity contribution is -0.114. The number of carbonyl (C=O) groups excluding carboxylic acids is 1. The van der Waals surface area contributed by atoms with E-state index in [1.165, 1.54) is 11.1 Å². The largest absolute Gasteiger partial charge is 0.370 e. The Hall–Kier alpha value is -2.09. The molecule has 0 bridgehead atoms. The third-order valence-electron chi connectivity index (χ3n) is 3.62. The average Bonchev–Trinajstić information content (AvgIpc) is 2.60. The molecule has 0 unspecified atom stereocenters. The summed E-state index contributed by atoms with van der Waals surface area (Å²) in [4.78, 5) is 16.1. The lowest BCUT2D eigenvalue weighted by atomic mass is 10.1. The van der Waals surface area contributed by atoms with Crippen LogP contribution in [0.1, 0.15) is 25.0 Å². The summed E-state index contributed by atoms with van der Waals surface area (Å²) in [7, 11) is 0. The Bertz CT molecular complexity index is 731. The quantitative estimate of drug-likeness (QED) is 0.355. The van der Waals surface area contributed by atoms with Crippen molar-refractivity contribution < 1.29 is 4.79 Å². The Morgan fingerprint density at radius 3 is 2.00 bits per heavy atom. The molecular weight excluding hydrogens is 427 g/mol. The zero-order chi connectivity index (χ0) is 17.4. The van der Waals surface area contributed by atoms with Crippen LogP contribution in [0.25, 0.3) is 0 Å². The minimum atomic E-state index is -0.199. The van der Waals surface area contributed by atoms with Gasteiger partial charge in [-0.1, -0.05) is 38.1 Å². The molecule has 2 aromatic carbocycles. The molecule has 0 aliphatic rings. The molecule has 4 N–H and O–H groups in total. The molecule has 134 valence electrons. The smallest absolute Gasteiger partial charge is 0.246 e. The number of rotatable bonds is 6. The number of amides is 1. The van der Waals surface area contributed by atoms with Gasteiger partial charge in [0.25, 0.3) is 0 Å². The van der Waals surface area contributed by atoms with Crippen molar-refractivity contribution in [2.45, 2.75) is 26.7 Å². The summed E-state index contributed by atoms with van der Waals surface area (Å²) < 4.78 is 0. The summed E-state index contributed by atoms with van der Waals surface area (Å²) >= 11 is 0. The van der Waals surface area contributed by atoms with Crippen molar-refractivity contribution in [3.05, 3.63) is 59.7 Å². The number of hydrogen-bond donors (Lipinski definition) is 3. The Labute approximate surface area is 166 Å². The molecule has 0 heterocycles. The first-order valence-corrected chi connectivity index (χ1v) is 8.15. The van der Waals surface area contributed by atoms with Crippen molar-refractivity contribution in [1.82, 2.24) is 0 Å². The molecule has 0 saturated heterocycles. The third kappa shape index (κ3) is 7.13. The standard InChI is InChI=1S/C19H24N4O.HI/c1-3-14-7-5-9-16(11-14)22-18(24)13-21-19(20)23-17-10-6-8-15(4-2)12-17;/h5-12H,3-4,13H2,1-2H3,(H,22,24)(H3,20,21,23);1H. The number of nitrogens with two attached hydrogens (primary N) is 1. The van der Waals surface area contributed by atoms with Gasteiger partial charge in [0.15, 0.2) is 5.96 Å². The van der Waals surface area contributed by atoms with Gasteiger partial charge in [-0.25, -0.2) is 4.99 Å². The highest BCUT2D eigenvalue weighted by molar-refractivity contribution is 14.0. The van der Waals surface area contributed by atoms with Crippen LogP contribution in [0.3, 0.4) is 0 Å². The first kappa shape index (κ1) is 21.0. The number of halogens is 1. The van der Waals surface area contributed by atoms with Crippen LogP contribution < -0.4 is 16.4 Å². The average molecular weight is 452 g/mol. The fraction of sp³-hybridized carbons (Fsp3) is 0.263. The van der Waals surface area contributed by atoms with Crippen LogP contribution >= 0.6 is 24.0 Å². The molecule has 1 amide bonds. The molecule has 6 heteroatoms. The summed E-state index contributed by atoms with van der Waals surface area (Å²) in [5, 5.41) is 5.83. The molecule has 0 aliphatic heterocycles. The van der Waals surface area contributed by atoms with Crippen molar-refractivity contribution in [2.75, 3.05) is 17.2 Å². The minimum absolute atomic E-state index is 0. The monoisotopic (exact) mass is 452 g/mol. The van der Waals surface area contributed by atoms with E-state index >= 15 is 0 Å². The van der Waals surface area contributed by atoms with Crippen LogP contribution in [-0.2, 0) is 17.6 Å². The minimum Gasteiger partial charge on any atom is -0.370 e. The Morgan fingerprint density at radius 2 is 1.48 bits per heavy atom. The van der Waals surface area contributed by atoms with Gasteiger partial charge in [-0.15, -0.1) is 24.0 Å². The van der Waals surface area contributed by atoms with E-state index in [4.69, 9.17) is 5.73 Å². The van der Waals surface area contributed by atoms with Crippen LogP contribution in [0.15, 0.2) is 53.5 Å². The highest BCUT2D eigenvalue weighted by Crippen LogP contribution is 2.12. The molecule has 25 heavy (non-hydrogen) atoms. The summed E-state index contributed by atoms with van der Waals surface area (Å²) in [5.74, 6) is 0.0241. The molecule has 0 fully saturated rings. The van der Waals surface area contributed by atoms with Gasteiger partial charge in [0.05, 0.1) is 0 Å². The second-order valence-electron chi connectivity index (χ2n) is 5.48. The maximum absolute atomic E-state index is 12.0. The first-order valence-electron chi connectivity index (χ1n) is 8.15. The van der Waals surface area contributed by atoms with Gasteiger partial charge < -0.3 is 16.4 Å². The fourth-order valence-corrected chi connectivity index (χ4v) is 2.28. The van der Waals surface area contributed by atoms with Gasteiger partial charge >= 0.3 is 0 Å². The van der Waals surface area contributed by atoms with Gasteiger partial charge in [-0.3, -0.25) is 4.79 Å². The van der Waals surface area contributed by atoms with E-state index in [2.05, 4.69) is 35.5 Å². The van der Waals surface area contributed by atoms with E-state index in [1.807, 2.05) is 42.5 Å². The number of aryl methyl sites for hydroxylation is 2. The van der Waals surface area contributed by atoms with Crippen molar-refractivity contribution in [3.8, 4) is 0 Å². The summed E-state index contributed by atoms with van der Waals surface area (Å²) in [6.45, 7) is 4.14. The van der Waals surface area contributed by atoms with E-state index in [1.54, 1.807) is 0 Å². The fourth-order valence-electron chi connectivity index (χ4n) is 2.28. The summed E-state index contributed by atoms with van der Waals surface area (Å²) in [6, 6.07) is 15.7. The zero-order valence-corrected chi connectivity index (χ0v) is 16.9. The Morgan fingerprint density at radius 1 is 0.960 bits per heavy atom. The molecule has 2 aromatic rings. The normalized spacial score (nSPS) is 10.7. The molecule has 0 aliphatic carbocycles. The Kier molecular flexibility index (Phi) is 8.98. The van der Waals surface area contributed by atoms with Gasteiger partial charge in [-0.05, 0) is 48.2 Å². The number of hydrogen-bond acceptors (Lipinski definition) is 2. The second kappa shape index (κ2) is 10.7. The molecular formula is C19H25IN4O. The topological polar surface area (TPSA) is 79.5 Å². The molecule has 0 radical (unpaired) electrons. The summed E-state index contributed by atoms with van der Waals surface area (Å²) in [6.07, 6.45) is 1.88. The van der Waals surface area contributed by atoms with Crippen molar-refractivity contribution in [1.29, 1.82) is 0 Å². The number of carbonyl (C=O) groups is 1. The SMILES string of the molecule is CCc1cccc(NC(=O)CN=C(N)Nc2cccc(CC)c2)c1.I. The predicted molar refractivity (Wildman–Crippen MR) is 116 cm³/mol. The number of benzene rings is 2. The van der Waals surface area contributed by atoms with E-state index < -0.39 is 0 Å². The van der Waals surface area contributed by atoms with Crippen LogP contribution in [0.2, 0.25) is 0 Å². The lowest BCUT2D eigenvalue weighted by Gasteiger charge is -2.08. The summed E-state index contributed by atoms with van der Waals surface area (Å²) in [5.41, 5.74) is 9.87. The second-order valence-corrected chi connectivity index (χ2v) is 5.48. The number of nitrogens with one attached hydrogen (secondary N) is 2. The van der Waals surface area contributed by atoms with Crippen LogP contribution in [-0.4, -0.2) is 18.4 Å². The molecule has 2 rings (SSSR count). The highest BCUT2D eigenvalue weighted by atomic mass is 127. The van der Waals surface area contributed by atoms with Crippen LogP contribution in [0.4, 0.5) is 11.4 Å². The van der Waals surface area contributed by atoms with E-state index in [9.17, 15) is 4.79 Å². The van der Waals surface area contributed by atoms with Crippen molar-refractivity contribution in [2.24, 2.45) is 10.7 Å². The van der Waals surface area contributed by atoms with E-state index in [0.717, 1.165) is 24.2 Å². The molecule has 0 atom stereocenters. The van der Waals surface area contributed by atoms with Gasteiger partial charge in [0.1, 0.15) is 6.54 Å². The lowest BCUT2D eigenvalue weighted by Crippen LogP contribution is -2.25. The number of anilines is 2. The molecule has 0 saturated carbocycles. The number of aliphatic imine (C=N–C) groups is 1. The van der Waals surface area contributed by atoms with Crippen LogP contribution in [0.5, 0.6) is 0 Å². The van der Waals surface area contributed by atoms with Crippen molar-refractivity contribution in [3.63, 3.8) is 0 Å². The third-order valence-corrected chi connectivity index (χ3v) is 3.62. The number of nitrogens with zero attached hydrogens (tertiary/aromatic N) is 1. The van der Waals surface area contributed by atoms with E-state index in [-0.39, 0.29) is 42.4 Å². The Balaban J connectivity index is 0.00000312. The zero-order valence-electron chi connectivity index (χ0n) is 14.6. The maximum Gasteiger partial charge on any atom is 0.246 e. The predicted octanol–water partition coefficient (Wildman–Crippen LogP) is 3.79. The van der Waals surface area contributed by atoms with Crippen molar-refractivity contribution >= 4 is 47.2 Å². The van der Waals surface area contributed by atoms with Gasteiger partial charge in [-0.2, -0.15) is 0 Å². The van der Waals surface area contributed by atoms with Gasteiger partial charge in [0.2, 0.25) is 5.91 Å². The highest BCUT2D eigenvalue weighted by Gasteiger charge is 2.03. The molecule has 0 aromatic heterocycles. The van der Waals surface area contributed by atoms with Gasteiger partial charge in [0, 0.05) is 11.4 Å². The molecule has 0 spiro atoms.